The number of carbonyl (C=O) groups excluding carboxylic acids is 1. The number of primary amides is 1. The minimum Gasteiger partial charge on any atom is -0.364 e. The van der Waals surface area contributed by atoms with Gasteiger partial charge in [0.25, 0.3) is 5.91 Å². The van der Waals surface area contributed by atoms with E-state index in [1.165, 1.54) is 0 Å². The normalized spacial score (nSPS) is 10.7. The van der Waals surface area contributed by atoms with E-state index in [1.54, 1.807) is 16.9 Å². The highest BCUT2D eigenvalue weighted by atomic mass is 35.5. The molecule has 0 saturated carbocycles. The average Bonchev–Trinajstić information content (AvgIpc) is 2.90. The fraction of sp³-hybridized carbons (Fsp3) is 0.286. The van der Waals surface area contributed by atoms with Crippen molar-refractivity contribution in [2.45, 2.75) is 19.9 Å². The Labute approximate surface area is 122 Å². The highest BCUT2D eigenvalue weighted by Gasteiger charge is 2.10. The Hall–Kier alpha value is -1.85. The van der Waals surface area contributed by atoms with Gasteiger partial charge in [-0.3, -0.25) is 4.79 Å². The molecule has 0 fully saturated rings. The first kappa shape index (κ1) is 14.6. The Morgan fingerprint density at radius 1 is 1.45 bits per heavy atom. The summed E-state index contributed by atoms with van der Waals surface area (Å²) in [6.45, 7) is 3.77. The molecule has 1 aromatic carbocycles. The Bertz CT molecular complexity index is 609. The van der Waals surface area contributed by atoms with Crippen LogP contribution in [-0.2, 0) is 6.54 Å². The predicted octanol–water partition coefficient (Wildman–Crippen LogP) is 2.12. The molecular formula is C14H17ClN4O. The van der Waals surface area contributed by atoms with Crippen molar-refractivity contribution in [1.29, 1.82) is 0 Å². The molecule has 0 aliphatic heterocycles. The third kappa shape index (κ3) is 3.37. The van der Waals surface area contributed by atoms with Crippen LogP contribution in [-0.4, -0.2) is 22.2 Å². The SMILES string of the molecule is CCCNCc1ccc(Cl)cc1-n1ccc(C(N)=O)n1. The summed E-state index contributed by atoms with van der Waals surface area (Å²) in [7, 11) is 0. The van der Waals surface area contributed by atoms with Crippen LogP contribution in [0.1, 0.15) is 29.4 Å². The monoisotopic (exact) mass is 292 g/mol. The maximum Gasteiger partial charge on any atom is 0.269 e. The summed E-state index contributed by atoms with van der Waals surface area (Å²) in [6, 6.07) is 7.20. The van der Waals surface area contributed by atoms with E-state index in [0.717, 1.165) is 24.2 Å². The number of rotatable bonds is 6. The number of halogens is 1. The van der Waals surface area contributed by atoms with Crippen molar-refractivity contribution in [2.24, 2.45) is 5.73 Å². The largest absolute Gasteiger partial charge is 0.364 e. The van der Waals surface area contributed by atoms with Crippen molar-refractivity contribution in [3.8, 4) is 5.69 Å². The Morgan fingerprint density at radius 3 is 2.90 bits per heavy atom. The molecule has 1 aromatic heterocycles. The van der Waals surface area contributed by atoms with Crippen molar-refractivity contribution in [1.82, 2.24) is 15.1 Å². The molecule has 1 heterocycles. The van der Waals surface area contributed by atoms with Crippen molar-refractivity contribution in [3.05, 3.63) is 46.7 Å². The molecule has 106 valence electrons. The Morgan fingerprint density at radius 2 is 2.25 bits per heavy atom. The molecule has 2 rings (SSSR count). The van der Waals surface area contributed by atoms with Gasteiger partial charge in [-0.15, -0.1) is 0 Å². The van der Waals surface area contributed by atoms with Gasteiger partial charge in [0.15, 0.2) is 0 Å². The molecule has 0 aliphatic carbocycles. The zero-order valence-electron chi connectivity index (χ0n) is 11.3. The maximum atomic E-state index is 11.1. The minimum absolute atomic E-state index is 0.234. The van der Waals surface area contributed by atoms with E-state index in [1.807, 2.05) is 18.2 Å². The number of aromatic nitrogens is 2. The minimum atomic E-state index is -0.545. The van der Waals surface area contributed by atoms with E-state index in [-0.39, 0.29) is 5.69 Å². The zero-order chi connectivity index (χ0) is 14.5. The fourth-order valence-electron chi connectivity index (χ4n) is 1.89. The van der Waals surface area contributed by atoms with Gasteiger partial charge in [-0.2, -0.15) is 5.10 Å². The van der Waals surface area contributed by atoms with Gasteiger partial charge in [0.1, 0.15) is 5.69 Å². The third-order valence-corrected chi connectivity index (χ3v) is 3.11. The van der Waals surface area contributed by atoms with E-state index in [0.29, 0.717) is 11.6 Å². The van der Waals surface area contributed by atoms with Crippen molar-refractivity contribution in [2.75, 3.05) is 6.54 Å². The average molecular weight is 293 g/mol. The smallest absolute Gasteiger partial charge is 0.269 e. The van der Waals surface area contributed by atoms with E-state index in [2.05, 4.69) is 17.3 Å². The first-order valence-electron chi connectivity index (χ1n) is 6.47. The highest BCUT2D eigenvalue weighted by Crippen LogP contribution is 2.20. The number of benzene rings is 1. The van der Waals surface area contributed by atoms with Crippen LogP contribution in [0.3, 0.4) is 0 Å². The lowest BCUT2D eigenvalue weighted by molar-refractivity contribution is 0.0995. The number of nitrogens with one attached hydrogen (secondary N) is 1. The number of amides is 1. The van der Waals surface area contributed by atoms with E-state index in [4.69, 9.17) is 17.3 Å². The summed E-state index contributed by atoms with van der Waals surface area (Å²) in [5.41, 5.74) is 7.35. The van der Waals surface area contributed by atoms with Gasteiger partial charge < -0.3 is 11.1 Å². The van der Waals surface area contributed by atoms with E-state index >= 15 is 0 Å². The van der Waals surface area contributed by atoms with Crippen LogP contribution >= 0.6 is 11.6 Å². The molecular weight excluding hydrogens is 276 g/mol. The molecule has 0 unspecified atom stereocenters. The van der Waals surface area contributed by atoms with Gasteiger partial charge in [0.05, 0.1) is 5.69 Å². The molecule has 0 aliphatic rings. The summed E-state index contributed by atoms with van der Waals surface area (Å²) in [6.07, 6.45) is 2.77. The number of hydrogen-bond donors (Lipinski definition) is 2. The van der Waals surface area contributed by atoms with E-state index in [9.17, 15) is 4.79 Å². The summed E-state index contributed by atoms with van der Waals surface area (Å²) < 4.78 is 1.62. The first-order chi connectivity index (χ1) is 9.61. The highest BCUT2D eigenvalue weighted by molar-refractivity contribution is 6.30. The second kappa shape index (κ2) is 6.54. The molecule has 0 radical (unpaired) electrons. The Kier molecular flexibility index (Phi) is 4.76. The molecule has 0 bridgehead atoms. The van der Waals surface area contributed by atoms with Crippen LogP contribution in [0.5, 0.6) is 0 Å². The Balaban J connectivity index is 2.32. The molecule has 0 atom stereocenters. The molecule has 0 saturated heterocycles. The number of carbonyl (C=O) groups is 1. The van der Waals surface area contributed by atoms with Crippen LogP contribution in [0.25, 0.3) is 5.69 Å². The molecule has 2 aromatic rings. The van der Waals surface area contributed by atoms with Gasteiger partial charge in [-0.1, -0.05) is 24.6 Å². The topological polar surface area (TPSA) is 72.9 Å². The first-order valence-corrected chi connectivity index (χ1v) is 6.84. The van der Waals surface area contributed by atoms with Gasteiger partial charge in [-0.25, -0.2) is 4.68 Å². The standard InChI is InChI=1S/C14H17ClN4O/c1-2-6-17-9-10-3-4-11(15)8-13(10)19-7-5-12(18-19)14(16)20/h3-5,7-8,17H,2,6,9H2,1H3,(H2,16,20). The zero-order valence-corrected chi connectivity index (χ0v) is 12.0. The fourth-order valence-corrected chi connectivity index (χ4v) is 2.06. The van der Waals surface area contributed by atoms with Crippen molar-refractivity contribution >= 4 is 17.5 Å². The predicted molar refractivity (Wildman–Crippen MR) is 79.1 cm³/mol. The lowest BCUT2D eigenvalue weighted by Gasteiger charge is -2.11. The van der Waals surface area contributed by atoms with Crippen LogP contribution in [0.2, 0.25) is 5.02 Å². The van der Waals surface area contributed by atoms with Gasteiger partial charge in [0.2, 0.25) is 0 Å². The number of nitrogens with zero attached hydrogens (tertiary/aromatic N) is 2. The summed E-state index contributed by atoms with van der Waals surface area (Å²) in [5, 5.41) is 8.12. The quantitative estimate of drug-likeness (QED) is 0.801. The lowest BCUT2D eigenvalue weighted by atomic mass is 10.1. The molecule has 1 amide bonds. The lowest BCUT2D eigenvalue weighted by Crippen LogP contribution is -2.16. The molecule has 5 nitrogen and oxygen atoms in total. The van der Waals surface area contributed by atoms with Gasteiger partial charge in [-0.05, 0) is 36.7 Å². The van der Waals surface area contributed by atoms with Crippen LogP contribution in [0.4, 0.5) is 0 Å². The second-order valence-electron chi connectivity index (χ2n) is 4.46. The van der Waals surface area contributed by atoms with Crippen molar-refractivity contribution in [3.63, 3.8) is 0 Å². The van der Waals surface area contributed by atoms with Gasteiger partial charge in [0, 0.05) is 17.8 Å². The summed E-state index contributed by atoms with van der Waals surface area (Å²) in [4.78, 5) is 11.1. The second-order valence-corrected chi connectivity index (χ2v) is 4.90. The molecule has 0 spiro atoms. The number of hydrogen-bond acceptors (Lipinski definition) is 3. The van der Waals surface area contributed by atoms with Crippen LogP contribution in [0, 0.1) is 0 Å². The summed E-state index contributed by atoms with van der Waals surface area (Å²) in [5.74, 6) is -0.545. The molecule has 6 heteroatoms. The molecule has 20 heavy (non-hydrogen) atoms. The summed E-state index contributed by atoms with van der Waals surface area (Å²) >= 11 is 6.04. The van der Waals surface area contributed by atoms with Crippen LogP contribution < -0.4 is 11.1 Å². The van der Waals surface area contributed by atoms with Gasteiger partial charge >= 0.3 is 0 Å². The van der Waals surface area contributed by atoms with Crippen LogP contribution in [0.15, 0.2) is 30.5 Å². The van der Waals surface area contributed by atoms with Crippen molar-refractivity contribution < 1.29 is 4.79 Å². The third-order valence-electron chi connectivity index (χ3n) is 2.88. The number of nitrogens with two attached hydrogens (primary N) is 1. The maximum absolute atomic E-state index is 11.1. The van der Waals surface area contributed by atoms with E-state index < -0.39 is 5.91 Å². The molecule has 3 N–H and O–H groups in total.